The van der Waals surface area contributed by atoms with Gasteiger partial charge >= 0.3 is 0 Å². The van der Waals surface area contributed by atoms with Gasteiger partial charge in [-0.05, 0) is 25.7 Å². The summed E-state index contributed by atoms with van der Waals surface area (Å²) in [7, 11) is 0. The third-order valence-corrected chi connectivity index (χ3v) is 4.24. The van der Waals surface area contributed by atoms with Crippen LogP contribution in [-0.2, 0) is 9.47 Å². The van der Waals surface area contributed by atoms with E-state index in [1.807, 2.05) is 0 Å². The van der Waals surface area contributed by atoms with Crippen molar-refractivity contribution in [3.8, 4) is 0 Å². The predicted molar refractivity (Wildman–Crippen MR) is 81.3 cm³/mol. The smallest absolute Gasteiger partial charge is 0.157 e. The van der Waals surface area contributed by atoms with E-state index in [-0.39, 0.29) is 6.29 Å². The third-order valence-electron chi connectivity index (χ3n) is 4.24. The minimum absolute atomic E-state index is 0.0746. The second kappa shape index (κ2) is 10.7. The van der Waals surface area contributed by atoms with Crippen LogP contribution in [0.15, 0.2) is 0 Å². The van der Waals surface area contributed by atoms with Crippen LogP contribution in [0.2, 0.25) is 0 Å². The van der Waals surface area contributed by atoms with E-state index in [1.54, 1.807) is 0 Å². The average molecular weight is 270 g/mol. The molecule has 19 heavy (non-hydrogen) atoms. The van der Waals surface area contributed by atoms with Gasteiger partial charge in [0.25, 0.3) is 0 Å². The first-order valence-corrected chi connectivity index (χ1v) is 8.58. The van der Waals surface area contributed by atoms with Crippen molar-refractivity contribution in [1.29, 1.82) is 0 Å². The highest BCUT2D eigenvalue weighted by Gasteiger charge is 2.29. The zero-order valence-electron chi connectivity index (χ0n) is 13.3. The molecule has 0 aliphatic carbocycles. The molecule has 1 fully saturated rings. The lowest BCUT2D eigenvalue weighted by molar-refractivity contribution is -0.240. The topological polar surface area (TPSA) is 18.5 Å². The molecule has 0 radical (unpaired) electrons. The molecular weight excluding hydrogens is 236 g/mol. The molecule has 3 atom stereocenters. The lowest BCUT2D eigenvalue weighted by atomic mass is 9.95. The summed E-state index contributed by atoms with van der Waals surface area (Å²) in [6, 6.07) is 0. The van der Waals surface area contributed by atoms with E-state index in [9.17, 15) is 0 Å². The first-order valence-electron chi connectivity index (χ1n) is 8.58. The lowest BCUT2D eigenvalue weighted by Gasteiger charge is -2.36. The molecule has 1 aliphatic heterocycles. The highest BCUT2D eigenvalue weighted by atomic mass is 16.7. The Kier molecular flexibility index (Phi) is 9.54. The molecule has 0 N–H and O–H groups in total. The van der Waals surface area contributed by atoms with Crippen molar-refractivity contribution >= 4 is 0 Å². The Balaban J connectivity index is 2.13. The summed E-state index contributed by atoms with van der Waals surface area (Å²) in [6.07, 6.45) is 13.2. The van der Waals surface area contributed by atoms with Crippen molar-refractivity contribution in [2.45, 2.75) is 97.4 Å². The van der Waals surface area contributed by atoms with Crippen LogP contribution in [-0.4, -0.2) is 19.0 Å². The van der Waals surface area contributed by atoms with E-state index in [1.165, 1.54) is 57.8 Å². The van der Waals surface area contributed by atoms with Gasteiger partial charge in [0.15, 0.2) is 6.29 Å². The van der Waals surface area contributed by atoms with Crippen LogP contribution in [0.5, 0.6) is 0 Å². The minimum atomic E-state index is 0.0746. The van der Waals surface area contributed by atoms with E-state index in [0.717, 1.165) is 13.0 Å². The standard InChI is InChI=1S/C17H34O2/c1-4-7-8-9-10-11-13-17-18-14-15(6-3)16(19-17)12-5-2/h15-17H,4-14H2,1-3H3/t15-,16+,17+/m1/s1. The van der Waals surface area contributed by atoms with Crippen molar-refractivity contribution in [3.05, 3.63) is 0 Å². The zero-order chi connectivity index (χ0) is 13.9. The number of hydrogen-bond acceptors (Lipinski definition) is 2. The summed E-state index contributed by atoms with van der Waals surface area (Å²) in [4.78, 5) is 0. The molecule has 114 valence electrons. The summed E-state index contributed by atoms with van der Waals surface area (Å²) < 4.78 is 12.0. The number of unbranched alkanes of at least 4 members (excludes halogenated alkanes) is 5. The maximum Gasteiger partial charge on any atom is 0.157 e. The van der Waals surface area contributed by atoms with E-state index >= 15 is 0 Å². The summed E-state index contributed by atoms with van der Waals surface area (Å²) >= 11 is 0. The Morgan fingerprint density at radius 2 is 1.58 bits per heavy atom. The molecule has 0 aromatic heterocycles. The molecule has 0 unspecified atom stereocenters. The van der Waals surface area contributed by atoms with Gasteiger partial charge < -0.3 is 9.47 Å². The highest BCUT2D eigenvalue weighted by Crippen LogP contribution is 2.27. The van der Waals surface area contributed by atoms with E-state index < -0.39 is 0 Å². The molecule has 0 saturated carbocycles. The van der Waals surface area contributed by atoms with E-state index in [2.05, 4.69) is 20.8 Å². The summed E-state index contributed by atoms with van der Waals surface area (Å²) in [6.45, 7) is 7.66. The van der Waals surface area contributed by atoms with Crippen LogP contribution in [0.3, 0.4) is 0 Å². The van der Waals surface area contributed by atoms with Crippen LogP contribution in [0.25, 0.3) is 0 Å². The fourth-order valence-corrected chi connectivity index (χ4v) is 2.90. The van der Waals surface area contributed by atoms with Gasteiger partial charge in [0.1, 0.15) is 0 Å². The van der Waals surface area contributed by atoms with Gasteiger partial charge in [-0.3, -0.25) is 0 Å². The van der Waals surface area contributed by atoms with Gasteiger partial charge in [0.05, 0.1) is 12.7 Å². The summed E-state index contributed by atoms with van der Waals surface area (Å²) in [5.74, 6) is 0.612. The Bertz CT molecular complexity index is 205. The molecule has 0 aromatic rings. The first-order chi connectivity index (χ1) is 9.31. The van der Waals surface area contributed by atoms with Crippen LogP contribution in [0.1, 0.15) is 85.0 Å². The summed E-state index contributed by atoms with van der Waals surface area (Å²) in [5.41, 5.74) is 0. The monoisotopic (exact) mass is 270 g/mol. The molecular formula is C17H34O2. The number of rotatable bonds is 10. The largest absolute Gasteiger partial charge is 0.352 e. The van der Waals surface area contributed by atoms with E-state index in [4.69, 9.17) is 9.47 Å². The highest BCUT2D eigenvalue weighted by molar-refractivity contribution is 4.73. The first kappa shape index (κ1) is 17.0. The van der Waals surface area contributed by atoms with Crippen LogP contribution < -0.4 is 0 Å². The minimum Gasteiger partial charge on any atom is -0.352 e. The van der Waals surface area contributed by atoms with Crippen molar-refractivity contribution in [2.75, 3.05) is 6.61 Å². The Hall–Kier alpha value is -0.0800. The van der Waals surface area contributed by atoms with Crippen molar-refractivity contribution in [2.24, 2.45) is 5.92 Å². The zero-order valence-corrected chi connectivity index (χ0v) is 13.3. The molecule has 0 bridgehead atoms. The quantitative estimate of drug-likeness (QED) is 0.501. The fraction of sp³-hybridized carbons (Fsp3) is 1.00. The van der Waals surface area contributed by atoms with Crippen LogP contribution in [0.4, 0.5) is 0 Å². The maximum absolute atomic E-state index is 6.14. The normalized spacial score (nSPS) is 27.6. The Labute approximate surface area is 120 Å². The predicted octanol–water partition coefficient (Wildman–Crippen LogP) is 5.30. The van der Waals surface area contributed by atoms with Gasteiger partial charge in [-0.15, -0.1) is 0 Å². The molecule has 1 rings (SSSR count). The second-order valence-corrected chi connectivity index (χ2v) is 5.95. The van der Waals surface area contributed by atoms with Gasteiger partial charge in [0.2, 0.25) is 0 Å². The SMILES string of the molecule is CCCCCCCC[C@H]1OC[C@@H](CC)[C@H](CCC)O1. The molecule has 1 saturated heterocycles. The maximum atomic E-state index is 6.14. The third kappa shape index (κ3) is 6.76. The molecule has 0 aromatic carbocycles. The van der Waals surface area contributed by atoms with Gasteiger partial charge in [-0.2, -0.15) is 0 Å². The van der Waals surface area contributed by atoms with Gasteiger partial charge in [-0.1, -0.05) is 59.3 Å². The lowest BCUT2D eigenvalue weighted by Crippen LogP contribution is -2.39. The van der Waals surface area contributed by atoms with Gasteiger partial charge in [0, 0.05) is 5.92 Å². The van der Waals surface area contributed by atoms with Crippen molar-refractivity contribution < 1.29 is 9.47 Å². The van der Waals surface area contributed by atoms with E-state index in [0.29, 0.717) is 12.0 Å². The molecule has 2 heteroatoms. The van der Waals surface area contributed by atoms with Crippen LogP contribution in [0, 0.1) is 5.92 Å². The van der Waals surface area contributed by atoms with Crippen LogP contribution >= 0.6 is 0 Å². The summed E-state index contributed by atoms with van der Waals surface area (Å²) in [5, 5.41) is 0. The Morgan fingerprint density at radius 3 is 2.26 bits per heavy atom. The fourth-order valence-electron chi connectivity index (χ4n) is 2.90. The Morgan fingerprint density at radius 1 is 0.842 bits per heavy atom. The number of hydrogen-bond donors (Lipinski definition) is 0. The number of ether oxygens (including phenoxy) is 2. The van der Waals surface area contributed by atoms with Crippen molar-refractivity contribution in [1.82, 2.24) is 0 Å². The molecule has 0 amide bonds. The molecule has 1 heterocycles. The van der Waals surface area contributed by atoms with Crippen molar-refractivity contribution in [3.63, 3.8) is 0 Å². The molecule has 2 nitrogen and oxygen atoms in total. The second-order valence-electron chi connectivity index (χ2n) is 5.95. The molecule has 1 aliphatic rings. The van der Waals surface area contributed by atoms with Gasteiger partial charge in [-0.25, -0.2) is 0 Å². The average Bonchev–Trinajstić information content (AvgIpc) is 2.43. The molecule has 0 spiro atoms.